The lowest BCUT2D eigenvalue weighted by Gasteiger charge is -2.36. The van der Waals surface area contributed by atoms with E-state index < -0.39 is 6.43 Å². The molecule has 0 spiro atoms. The maximum atomic E-state index is 13.3. The van der Waals surface area contributed by atoms with Crippen LogP contribution in [0.4, 0.5) is 20.7 Å². The van der Waals surface area contributed by atoms with Crippen molar-refractivity contribution in [2.75, 3.05) is 5.32 Å². The lowest BCUT2D eigenvalue weighted by atomic mass is 9.76. The summed E-state index contributed by atoms with van der Waals surface area (Å²) >= 11 is 0. The van der Waals surface area contributed by atoms with Gasteiger partial charge in [0, 0.05) is 11.8 Å². The summed E-state index contributed by atoms with van der Waals surface area (Å²) in [7, 11) is 0. The third-order valence-electron chi connectivity index (χ3n) is 7.64. The first-order valence-corrected chi connectivity index (χ1v) is 13.4. The van der Waals surface area contributed by atoms with E-state index in [9.17, 15) is 8.78 Å². The van der Waals surface area contributed by atoms with Gasteiger partial charge in [0.15, 0.2) is 5.82 Å². The molecule has 0 amide bonds. The van der Waals surface area contributed by atoms with Crippen molar-refractivity contribution in [3.63, 3.8) is 0 Å². The predicted molar refractivity (Wildman–Crippen MR) is 149 cm³/mol. The summed E-state index contributed by atoms with van der Waals surface area (Å²) in [6.45, 7) is 4.17. The van der Waals surface area contributed by atoms with E-state index in [0.29, 0.717) is 17.8 Å². The summed E-state index contributed by atoms with van der Waals surface area (Å²) in [5.74, 6) is 1.82. The average molecular weight is 525 g/mol. The monoisotopic (exact) mass is 524 g/mol. The molecule has 0 atom stereocenters. The average Bonchev–Trinajstić information content (AvgIpc) is 2.89. The summed E-state index contributed by atoms with van der Waals surface area (Å²) in [4.78, 5) is 22.4. The molecule has 0 unspecified atom stereocenters. The van der Waals surface area contributed by atoms with Crippen LogP contribution >= 0.6 is 0 Å². The number of pyridine rings is 1. The molecule has 8 heteroatoms. The molecule has 2 heterocycles. The quantitative estimate of drug-likeness (QED) is 0.271. The Labute approximate surface area is 226 Å². The fourth-order valence-corrected chi connectivity index (χ4v) is 5.14. The number of nitrogens with zero attached hydrogens (tertiary/aromatic N) is 5. The second-order valence-electron chi connectivity index (χ2n) is 10.6. The van der Waals surface area contributed by atoms with E-state index in [4.69, 9.17) is 4.99 Å². The number of aromatic nitrogens is 4. The number of alkyl halides is 2. The van der Waals surface area contributed by atoms with Gasteiger partial charge < -0.3 is 5.32 Å². The molecule has 2 saturated carbocycles. The highest BCUT2D eigenvalue weighted by Crippen LogP contribution is 2.39. The van der Waals surface area contributed by atoms with Gasteiger partial charge in [0.05, 0.1) is 0 Å². The fraction of sp³-hybridized carbons (Fsp3) is 0.323. The van der Waals surface area contributed by atoms with Crippen LogP contribution in [0.1, 0.15) is 71.9 Å². The minimum atomic E-state index is -2.67. The smallest absolute Gasteiger partial charge is 0.280 e. The van der Waals surface area contributed by atoms with Crippen LogP contribution in [0.15, 0.2) is 71.7 Å². The van der Waals surface area contributed by atoms with Crippen LogP contribution < -0.4 is 5.32 Å². The number of halogens is 2. The topological polar surface area (TPSA) is 76.0 Å². The Bertz CT molecular complexity index is 1490. The number of hydrogen-bond donors (Lipinski definition) is 1. The minimum absolute atomic E-state index is 0.210. The van der Waals surface area contributed by atoms with E-state index in [0.717, 1.165) is 31.4 Å². The number of anilines is 1. The van der Waals surface area contributed by atoms with Gasteiger partial charge in [-0.15, -0.1) is 0 Å². The fourth-order valence-electron chi connectivity index (χ4n) is 5.14. The third-order valence-corrected chi connectivity index (χ3v) is 7.64. The van der Waals surface area contributed by atoms with Gasteiger partial charge >= 0.3 is 0 Å². The van der Waals surface area contributed by atoms with Gasteiger partial charge in [0.2, 0.25) is 5.95 Å². The zero-order valence-electron chi connectivity index (χ0n) is 22.0. The molecule has 6 nitrogen and oxygen atoms in total. The Kier molecular flexibility index (Phi) is 6.85. The number of aliphatic imine (C=N–C) groups is 1. The summed E-state index contributed by atoms with van der Waals surface area (Å²) in [5, 5.41) is 3.42. The van der Waals surface area contributed by atoms with Crippen molar-refractivity contribution in [1.82, 2.24) is 19.9 Å². The van der Waals surface area contributed by atoms with Gasteiger partial charge in [0.1, 0.15) is 11.4 Å². The maximum Gasteiger partial charge on any atom is 0.280 e. The molecule has 2 fully saturated rings. The number of aryl methyl sites for hydroxylation is 2. The Morgan fingerprint density at radius 1 is 0.769 bits per heavy atom. The standard InChI is InChI=1S/C31H30F2N6/c1-18-6-10-20(11-7-18)22-14-24(15-22)34-30-37-29(27-5-3-4-26(36-27)28(32)33)38-31(39-30)35-25-16-23(17-25)21-12-8-19(2)9-13-21/h3-13,22-24,28H,14-17H2,1-2H3,(H,34,37,38,39). The molecule has 39 heavy (non-hydrogen) atoms. The summed E-state index contributed by atoms with van der Waals surface area (Å²) in [6, 6.07) is 22.0. The highest BCUT2D eigenvalue weighted by molar-refractivity contribution is 5.93. The molecule has 0 aliphatic heterocycles. The Balaban J connectivity index is 1.22. The largest absolute Gasteiger partial charge is 0.351 e. The maximum absolute atomic E-state index is 13.3. The van der Waals surface area contributed by atoms with Gasteiger partial charge in [-0.1, -0.05) is 65.7 Å². The normalized spacial score (nSPS) is 20.3. The van der Waals surface area contributed by atoms with Crippen molar-refractivity contribution >= 4 is 17.6 Å². The second-order valence-corrected chi connectivity index (χ2v) is 10.6. The van der Waals surface area contributed by atoms with E-state index in [1.807, 2.05) is 0 Å². The molecule has 1 N–H and O–H groups in total. The van der Waals surface area contributed by atoms with Crippen LogP contribution in [-0.2, 0) is 0 Å². The second kappa shape index (κ2) is 10.6. The van der Waals surface area contributed by atoms with Crippen molar-refractivity contribution in [2.45, 2.75) is 63.8 Å². The molecule has 0 bridgehead atoms. The molecule has 2 aromatic carbocycles. The Hall–Kier alpha value is -4.07. The number of rotatable bonds is 7. The zero-order chi connectivity index (χ0) is 26.9. The van der Waals surface area contributed by atoms with E-state index >= 15 is 0 Å². The van der Waals surface area contributed by atoms with Crippen LogP contribution in [0, 0.1) is 13.8 Å². The van der Waals surface area contributed by atoms with Crippen LogP contribution in [0.25, 0.3) is 11.5 Å². The molecule has 198 valence electrons. The third kappa shape index (κ3) is 5.70. The molecule has 4 aromatic rings. The molecule has 6 rings (SSSR count). The molecule has 2 aliphatic rings. The van der Waals surface area contributed by atoms with Gasteiger partial charge in [0.25, 0.3) is 12.4 Å². The number of nitrogens with one attached hydrogen (secondary N) is 1. The zero-order valence-corrected chi connectivity index (χ0v) is 22.0. The molecule has 2 aliphatic carbocycles. The molecule has 2 aromatic heterocycles. The van der Waals surface area contributed by atoms with Gasteiger partial charge in [-0.05, 0) is 74.6 Å². The lowest BCUT2D eigenvalue weighted by Crippen LogP contribution is -2.34. The summed E-state index contributed by atoms with van der Waals surface area (Å²) in [5.41, 5.74) is 6.11. The molecule has 0 radical (unpaired) electrons. The van der Waals surface area contributed by atoms with Crippen molar-refractivity contribution in [2.24, 2.45) is 4.99 Å². The van der Waals surface area contributed by atoms with Crippen LogP contribution in [0.3, 0.4) is 0 Å². The van der Waals surface area contributed by atoms with Crippen LogP contribution in [-0.4, -0.2) is 31.7 Å². The lowest BCUT2D eigenvalue weighted by molar-refractivity contribution is 0.146. The van der Waals surface area contributed by atoms with E-state index in [1.165, 1.54) is 28.3 Å². The van der Waals surface area contributed by atoms with E-state index in [1.54, 1.807) is 12.1 Å². The molecular weight excluding hydrogens is 494 g/mol. The van der Waals surface area contributed by atoms with Gasteiger partial charge in [-0.3, -0.25) is 0 Å². The van der Waals surface area contributed by atoms with Crippen molar-refractivity contribution in [1.29, 1.82) is 0 Å². The Morgan fingerprint density at radius 3 is 2.05 bits per heavy atom. The van der Waals surface area contributed by atoms with Crippen molar-refractivity contribution in [3.05, 3.63) is 94.7 Å². The Morgan fingerprint density at radius 2 is 1.41 bits per heavy atom. The minimum Gasteiger partial charge on any atom is -0.351 e. The van der Waals surface area contributed by atoms with Crippen molar-refractivity contribution in [3.8, 4) is 11.5 Å². The molecule has 0 saturated heterocycles. The number of benzene rings is 2. The van der Waals surface area contributed by atoms with Gasteiger partial charge in [-0.2, -0.15) is 15.0 Å². The summed E-state index contributed by atoms with van der Waals surface area (Å²) in [6.07, 6.45) is 0.933. The predicted octanol–water partition coefficient (Wildman–Crippen LogP) is 7.50. The van der Waals surface area contributed by atoms with Crippen LogP contribution in [0.5, 0.6) is 0 Å². The SMILES string of the molecule is Cc1ccc(C2CC(=Nc3nc(NC4CC(c5ccc(C)cc5)C4)nc(-c4cccc(C(F)F)n4)n3)C2)cc1. The van der Waals surface area contributed by atoms with Crippen LogP contribution in [0.2, 0.25) is 0 Å². The summed E-state index contributed by atoms with van der Waals surface area (Å²) < 4.78 is 26.6. The first-order chi connectivity index (χ1) is 18.9. The van der Waals surface area contributed by atoms with Crippen molar-refractivity contribution < 1.29 is 8.78 Å². The van der Waals surface area contributed by atoms with E-state index in [-0.39, 0.29) is 29.2 Å². The highest BCUT2D eigenvalue weighted by Gasteiger charge is 2.31. The first-order valence-electron chi connectivity index (χ1n) is 13.4. The number of hydrogen-bond acceptors (Lipinski definition) is 6. The molecular formula is C31H30F2N6. The highest BCUT2D eigenvalue weighted by atomic mass is 19.3. The van der Waals surface area contributed by atoms with Gasteiger partial charge in [-0.25, -0.2) is 18.8 Å². The first kappa shape index (κ1) is 25.2. The van der Waals surface area contributed by atoms with E-state index in [2.05, 4.69) is 87.6 Å².